The van der Waals surface area contributed by atoms with Crippen LogP contribution in [0.2, 0.25) is 5.02 Å². The number of aryl methyl sites for hydroxylation is 1. The van der Waals surface area contributed by atoms with Crippen LogP contribution in [0.15, 0.2) is 18.5 Å². The molecule has 72 valence electrons. The second kappa shape index (κ2) is 2.99. The number of carboxylic acid groups (broad SMARTS) is 1. The molecular weight excluding hydrogens is 204 g/mol. The number of hydrogen-bond donors (Lipinski definition) is 1. The van der Waals surface area contributed by atoms with E-state index in [1.807, 2.05) is 6.92 Å². The number of nitrogens with zero attached hydrogens (tertiary/aromatic N) is 2. The number of aromatic nitrogens is 2. The van der Waals surface area contributed by atoms with Crippen LogP contribution in [-0.2, 0) is 0 Å². The SMILES string of the molecule is Cc1cc(Cl)c2nc(C(=O)O)cn2c1. The van der Waals surface area contributed by atoms with Gasteiger partial charge in [-0.3, -0.25) is 0 Å². The topological polar surface area (TPSA) is 54.6 Å². The summed E-state index contributed by atoms with van der Waals surface area (Å²) in [5.74, 6) is -1.05. The largest absolute Gasteiger partial charge is 0.476 e. The van der Waals surface area contributed by atoms with Gasteiger partial charge in [-0.15, -0.1) is 0 Å². The van der Waals surface area contributed by atoms with Crippen LogP contribution in [0.25, 0.3) is 5.65 Å². The van der Waals surface area contributed by atoms with E-state index in [-0.39, 0.29) is 5.69 Å². The molecule has 0 aliphatic rings. The summed E-state index contributed by atoms with van der Waals surface area (Å²) in [6, 6.07) is 1.75. The number of carbonyl (C=O) groups is 1. The summed E-state index contributed by atoms with van der Waals surface area (Å²) in [7, 11) is 0. The quantitative estimate of drug-likeness (QED) is 0.783. The molecule has 2 rings (SSSR count). The van der Waals surface area contributed by atoms with Crippen LogP contribution in [0.4, 0.5) is 0 Å². The van der Waals surface area contributed by atoms with Crippen molar-refractivity contribution in [3.05, 3.63) is 34.7 Å². The Labute approximate surface area is 84.8 Å². The Kier molecular flexibility index (Phi) is 1.93. The summed E-state index contributed by atoms with van der Waals surface area (Å²) >= 11 is 5.90. The first-order valence-electron chi connectivity index (χ1n) is 3.96. The molecule has 5 heteroatoms. The first-order chi connectivity index (χ1) is 6.58. The monoisotopic (exact) mass is 210 g/mol. The summed E-state index contributed by atoms with van der Waals surface area (Å²) in [5, 5.41) is 9.18. The predicted octanol–water partition coefficient (Wildman–Crippen LogP) is 1.99. The number of rotatable bonds is 1. The third kappa shape index (κ3) is 1.33. The molecule has 14 heavy (non-hydrogen) atoms. The van der Waals surface area contributed by atoms with Gasteiger partial charge in [0.15, 0.2) is 11.3 Å². The van der Waals surface area contributed by atoms with Crippen LogP contribution in [0, 0.1) is 6.92 Å². The summed E-state index contributed by atoms with van der Waals surface area (Å²) < 4.78 is 1.61. The van der Waals surface area contributed by atoms with Crippen LogP contribution in [0.5, 0.6) is 0 Å². The maximum Gasteiger partial charge on any atom is 0.356 e. The van der Waals surface area contributed by atoms with Gasteiger partial charge in [0.05, 0.1) is 5.02 Å². The van der Waals surface area contributed by atoms with Crippen LogP contribution in [-0.4, -0.2) is 20.5 Å². The second-order valence-electron chi connectivity index (χ2n) is 3.03. The lowest BCUT2D eigenvalue weighted by atomic mass is 10.3. The highest BCUT2D eigenvalue weighted by molar-refractivity contribution is 6.33. The first kappa shape index (κ1) is 9.02. The van der Waals surface area contributed by atoms with Crippen LogP contribution >= 0.6 is 11.6 Å². The Morgan fingerprint density at radius 1 is 1.57 bits per heavy atom. The molecule has 1 N–H and O–H groups in total. The Morgan fingerprint density at radius 2 is 2.29 bits per heavy atom. The molecule has 0 aliphatic carbocycles. The summed E-state index contributed by atoms with van der Waals surface area (Å²) in [6.07, 6.45) is 3.22. The average molecular weight is 211 g/mol. The molecule has 0 fully saturated rings. The van der Waals surface area contributed by atoms with Crippen LogP contribution < -0.4 is 0 Å². The predicted molar refractivity (Wildman–Crippen MR) is 51.9 cm³/mol. The smallest absolute Gasteiger partial charge is 0.356 e. The van der Waals surface area contributed by atoms with Gasteiger partial charge in [-0.1, -0.05) is 11.6 Å². The highest BCUT2D eigenvalue weighted by Crippen LogP contribution is 2.18. The van der Waals surface area contributed by atoms with Crippen molar-refractivity contribution in [3.8, 4) is 0 Å². The van der Waals surface area contributed by atoms with Crippen LogP contribution in [0.1, 0.15) is 16.1 Å². The first-order valence-corrected chi connectivity index (χ1v) is 4.34. The van der Waals surface area contributed by atoms with E-state index in [2.05, 4.69) is 4.98 Å². The van der Waals surface area contributed by atoms with Gasteiger partial charge in [0.25, 0.3) is 0 Å². The Morgan fingerprint density at radius 3 is 2.93 bits per heavy atom. The van der Waals surface area contributed by atoms with Crippen molar-refractivity contribution in [1.82, 2.24) is 9.38 Å². The highest BCUT2D eigenvalue weighted by Gasteiger charge is 2.10. The highest BCUT2D eigenvalue weighted by atomic mass is 35.5. The van der Waals surface area contributed by atoms with Crippen molar-refractivity contribution in [1.29, 1.82) is 0 Å². The van der Waals surface area contributed by atoms with E-state index < -0.39 is 5.97 Å². The number of fused-ring (bicyclic) bond motifs is 1. The lowest BCUT2D eigenvalue weighted by Crippen LogP contribution is -1.94. The molecule has 0 amide bonds. The van der Waals surface area contributed by atoms with E-state index in [0.29, 0.717) is 10.7 Å². The molecule has 0 atom stereocenters. The Hall–Kier alpha value is -1.55. The van der Waals surface area contributed by atoms with Crippen molar-refractivity contribution in [3.63, 3.8) is 0 Å². The number of pyridine rings is 1. The molecule has 4 nitrogen and oxygen atoms in total. The minimum atomic E-state index is -1.05. The van der Waals surface area contributed by atoms with Crippen LogP contribution in [0.3, 0.4) is 0 Å². The maximum atomic E-state index is 10.6. The van der Waals surface area contributed by atoms with Gasteiger partial charge in [0, 0.05) is 12.4 Å². The van der Waals surface area contributed by atoms with Gasteiger partial charge in [-0.2, -0.15) is 0 Å². The molecule has 0 bridgehead atoms. The lowest BCUT2D eigenvalue weighted by Gasteiger charge is -1.97. The van der Waals surface area contributed by atoms with Gasteiger partial charge in [0.1, 0.15) is 0 Å². The molecule has 0 radical (unpaired) electrons. The molecule has 0 spiro atoms. The van der Waals surface area contributed by atoms with Gasteiger partial charge in [-0.25, -0.2) is 9.78 Å². The molecule has 0 aromatic carbocycles. The van der Waals surface area contributed by atoms with Crippen molar-refractivity contribution in [2.75, 3.05) is 0 Å². The molecule has 2 aromatic rings. The lowest BCUT2D eigenvalue weighted by molar-refractivity contribution is 0.0691. The van der Waals surface area contributed by atoms with E-state index in [1.54, 1.807) is 16.7 Å². The zero-order valence-corrected chi connectivity index (χ0v) is 8.12. The van der Waals surface area contributed by atoms with E-state index >= 15 is 0 Å². The van der Waals surface area contributed by atoms with Crippen molar-refractivity contribution in [2.24, 2.45) is 0 Å². The average Bonchev–Trinajstić information content (AvgIpc) is 2.47. The molecule has 0 saturated carbocycles. The normalized spacial score (nSPS) is 10.7. The van der Waals surface area contributed by atoms with E-state index in [1.165, 1.54) is 6.20 Å². The van der Waals surface area contributed by atoms with E-state index in [4.69, 9.17) is 16.7 Å². The minimum Gasteiger partial charge on any atom is -0.476 e. The van der Waals surface area contributed by atoms with Gasteiger partial charge in [-0.05, 0) is 18.6 Å². The number of hydrogen-bond acceptors (Lipinski definition) is 2. The van der Waals surface area contributed by atoms with Gasteiger partial charge >= 0.3 is 5.97 Å². The van der Waals surface area contributed by atoms with Gasteiger partial charge < -0.3 is 9.51 Å². The molecular formula is C9H7ClN2O2. The number of halogens is 1. The number of carboxylic acids is 1. The fourth-order valence-corrected chi connectivity index (χ4v) is 1.60. The molecule has 0 aliphatic heterocycles. The Bertz CT molecular complexity index is 519. The molecule has 2 heterocycles. The summed E-state index contributed by atoms with van der Waals surface area (Å²) in [4.78, 5) is 14.5. The molecule has 2 aromatic heterocycles. The third-order valence-corrected chi connectivity index (χ3v) is 2.14. The maximum absolute atomic E-state index is 10.6. The van der Waals surface area contributed by atoms with E-state index in [0.717, 1.165) is 5.56 Å². The molecule has 0 unspecified atom stereocenters. The van der Waals surface area contributed by atoms with Gasteiger partial charge in [0.2, 0.25) is 0 Å². The molecule has 0 saturated heterocycles. The van der Waals surface area contributed by atoms with Crippen molar-refractivity contribution in [2.45, 2.75) is 6.92 Å². The summed E-state index contributed by atoms with van der Waals surface area (Å²) in [6.45, 7) is 1.88. The minimum absolute atomic E-state index is 0.00231. The van der Waals surface area contributed by atoms with Crippen molar-refractivity contribution >= 4 is 23.2 Å². The van der Waals surface area contributed by atoms with E-state index in [9.17, 15) is 4.79 Å². The summed E-state index contributed by atoms with van der Waals surface area (Å²) in [5.41, 5.74) is 1.42. The number of imidazole rings is 1. The second-order valence-corrected chi connectivity index (χ2v) is 3.43. The zero-order chi connectivity index (χ0) is 10.3. The standard InChI is InChI=1S/C9H7ClN2O2/c1-5-2-6(10)8-11-7(9(13)14)4-12(8)3-5/h2-4H,1H3,(H,13,14). The fourth-order valence-electron chi connectivity index (χ4n) is 1.29. The number of aromatic carboxylic acids is 1. The zero-order valence-electron chi connectivity index (χ0n) is 7.36. The Balaban J connectivity index is 2.76. The fraction of sp³-hybridized carbons (Fsp3) is 0.111. The van der Waals surface area contributed by atoms with Crippen molar-refractivity contribution < 1.29 is 9.90 Å². The third-order valence-electron chi connectivity index (χ3n) is 1.86.